The molecule has 0 radical (unpaired) electrons. The number of benzene rings is 1. The Labute approximate surface area is 115 Å². The molecule has 5 rings (SSSR count). The molecule has 3 nitrogen and oxygen atoms in total. The fraction of sp³-hybridized carbons (Fsp3) is 0.625. The molecule has 3 heteroatoms. The zero-order valence-corrected chi connectivity index (χ0v) is 11.5. The lowest BCUT2D eigenvalue weighted by molar-refractivity contribution is 0.149. The van der Waals surface area contributed by atoms with Crippen LogP contribution in [0.2, 0.25) is 0 Å². The summed E-state index contributed by atoms with van der Waals surface area (Å²) in [4.78, 5) is 5.19. The van der Waals surface area contributed by atoms with Gasteiger partial charge in [-0.05, 0) is 43.2 Å². The molecule has 102 valence electrons. The number of hydrogen-bond donors (Lipinski definition) is 1. The summed E-state index contributed by atoms with van der Waals surface area (Å²) < 4.78 is 0. The van der Waals surface area contributed by atoms with Crippen LogP contribution >= 0.6 is 0 Å². The second-order valence-electron chi connectivity index (χ2n) is 6.48. The maximum Gasteiger partial charge on any atom is 0.0600 e. The maximum absolute atomic E-state index is 6.08. The predicted molar refractivity (Wildman–Crippen MR) is 79.3 cm³/mol. The molecule has 0 unspecified atom stereocenters. The van der Waals surface area contributed by atoms with Crippen molar-refractivity contribution in [3.8, 4) is 0 Å². The van der Waals surface area contributed by atoms with E-state index >= 15 is 0 Å². The maximum atomic E-state index is 6.08. The van der Waals surface area contributed by atoms with Gasteiger partial charge in [0.25, 0.3) is 0 Å². The number of fused-ring (bicyclic) bond motifs is 1. The number of hydrogen-bond acceptors (Lipinski definition) is 3. The second kappa shape index (κ2) is 4.41. The standard InChI is InChI=1S/C16H23N3/c17-14-3-1-2-4-15(14)18-5-7-19(8-6-18)16-11-12-9-13(16)10-12/h1-4,12-13,16H,5-11,17H2/t12?,13?,16-/m1/s1. The van der Waals surface area contributed by atoms with Crippen molar-refractivity contribution in [2.24, 2.45) is 11.8 Å². The van der Waals surface area contributed by atoms with Gasteiger partial charge in [-0.25, -0.2) is 0 Å². The first-order chi connectivity index (χ1) is 9.31. The fourth-order valence-electron chi connectivity index (χ4n) is 4.35. The first-order valence-electron chi connectivity index (χ1n) is 7.65. The van der Waals surface area contributed by atoms with Crippen LogP contribution < -0.4 is 10.6 Å². The van der Waals surface area contributed by atoms with Crippen LogP contribution in [0.3, 0.4) is 0 Å². The Morgan fingerprint density at radius 2 is 1.68 bits per heavy atom. The largest absolute Gasteiger partial charge is 0.397 e. The van der Waals surface area contributed by atoms with Crippen LogP contribution in [-0.4, -0.2) is 37.1 Å². The molecule has 0 aromatic heterocycles. The normalized spacial score (nSPS) is 34.3. The smallest absolute Gasteiger partial charge is 0.0600 e. The summed E-state index contributed by atoms with van der Waals surface area (Å²) in [5, 5.41) is 0. The molecule has 1 atom stereocenters. The van der Waals surface area contributed by atoms with Crippen molar-refractivity contribution in [1.29, 1.82) is 0 Å². The molecule has 19 heavy (non-hydrogen) atoms. The molecule has 1 aliphatic heterocycles. The number of nitrogens with zero attached hydrogens (tertiary/aromatic N) is 2. The van der Waals surface area contributed by atoms with Crippen molar-refractivity contribution in [3.05, 3.63) is 24.3 Å². The van der Waals surface area contributed by atoms with Crippen LogP contribution in [0.25, 0.3) is 0 Å². The number of rotatable bonds is 2. The molecule has 1 heterocycles. The highest BCUT2D eigenvalue weighted by Gasteiger charge is 2.46. The van der Waals surface area contributed by atoms with Gasteiger partial charge in [0, 0.05) is 32.2 Å². The van der Waals surface area contributed by atoms with Gasteiger partial charge in [0.2, 0.25) is 0 Å². The number of nitrogens with two attached hydrogens (primary N) is 1. The Morgan fingerprint density at radius 3 is 2.32 bits per heavy atom. The van der Waals surface area contributed by atoms with Gasteiger partial charge < -0.3 is 10.6 Å². The van der Waals surface area contributed by atoms with Crippen molar-refractivity contribution < 1.29 is 0 Å². The predicted octanol–water partition coefficient (Wildman–Crippen LogP) is 2.19. The number of anilines is 2. The van der Waals surface area contributed by atoms with Crippen molar-refractivity contribution >= 4 is 11.4 Å². The highest BCUT2D eigenvalue weighted by atomic mass is 15.3. The van der Waals surface area contributed by atoms with E-state index in [9.17, 15) is 0 Å². The molecule has 1 saturated heterocycles. The lowest BCUT2D eigenvalue weighted by Gasteiger charge is -2.40. The first kappa shape index (κ1) is 11.6. The summed E-state index contributed by atoms with van der Waals surface area (Å²) in [5.74, 6) is 2.09. The van der Waals surface area contributed by atoms with E-state index in [0.29, 0.717) is 0 Å². The minimum atomic E-state index is 0.903. The molecule has 1 aromatic rings. The Bertz CT molecular complexity index is 459. The SMILES string of the molecule is Nc1ccccc1N1CCN([C@@H]2CC3CC2C3)CC1. The molecule has 2 N–H and O–H groups in total. The van der Waals surface area contributed by atoms with Gasteiger partial charge in [0.1, 0.15) is 0 Å². The Hall–Kier alpha value is -1.22. The average Bonchev–Trinajstić information content (AvgIpc) is 2.99. The van der Waals surface area contributed by atoms with Crippen LogP contribution in [0.4, 0.5) is 11.4 Å². The second-order valence-corrected chi connectivity index (χ2v) is 6.48. The number of para-hydroxylation sites is 2. The van der Waals surface area contributed by atoms with E-state index in [-0.39, 0.29) is 0 Å². The summed E-state index contributed by atoms with van der Waals surface area (Å²) in [5.41, 5.74) is 8.22. The summed E-state index contributed by atoms with van der Waals surface area (Å²) in [6, 6.07) is 9.16. The molecule has 3 saturated carbocycles. The summed E-state index contributed by atoms with van der Waals surface area (Å²) in [6.07, 6.45) is 4.49. The molecular weight excluding hydrogens is 234 g/mol. The van der Waals surface area contributed by atoms with Gasteiger partial charge in [0.15, 0.2) is 0 Å². The van der Waals surface area contributed by atoms with Gasteiger partial charge in [0.05, 0.1) is 11.4 Å². The average molecular weight is 257 g/mol. The highest BCUT2D eigenvalue weighted by Crippen LogP contribution is 2.50. The van der Waals surface area contributed by atoms with Crippen molar-refractivity contribution in [2.45, 2.75) is 25.3 Å². The molecule has 4 fully saturated rings. The van der Waals surface area contributed by atoms with E-state index in [1.807, 2.05) is 12.1 Å². The minimum Gasteiger partial charge on any atom is -0.397 e. The van der Waals surface area contributed by atoms with E-state index in [2.05, 4.69) is 21.9 Å². The Kier molecular flexibility index (Phi) is 2.69. The van der Waals surface area contributed by atoms with Crippen molar-refractivity contribution in [2.75, 3.05) is 36.8 Å². The first-order valence-corrected chi connectivity index (χ1v) is 7.65. The summed E-state index contributed by atoms with van der Waals surface area (Å²) in [6.45, 7) is 4.68. The van der Waals surface area contributed by atoms with E-state index in [1.165, 1.54) is 38.0 Å². The molecule has 1 aromatic carbocycles. The number of nitrogen functional groups attached to an aromatic ring is 1. The van der Waals surface area contributed by atoms with Crippen LogP contribution in [0.15, 0.2) is 24.3 Å². The molecule has 4 aliphatic rings. The summed E-state index contributed by atoms with van der Waals surface area (Å²) in [7, 11) is 0. The van der Waals surface area contributed by atoms with E-state index in [4.69, 9.17) is 5.73 Å². The van der Waals surface area contributed by atoms with Gasteiger partial charge in [-0.1, -0.05) is 12.1 Å². The quantitative estimate of drug-likeness (QED) is 0.824. The Morgan fingerprint density at radius 1 is 0.947 bits per heavy atom. The molecular formula is C16H23N3. The van der Waals surface area contributed by atoms with Crippen LogP contribution in [-0.2, 0) is 0 Å². The third-order valence-corrected chi connectivity index (χ3v) is 5.45. The van der Waals surface area contributed by atoms with E-state index < -0.39 is 0 Å². The topological polar surface area (TPSA) is 32.5 Å². The highest BCUT2D eigenvalue weighted by molar-refractivity contribution is 5.67. The van der Waals surface area contributed by atoms with Crippen LogP contribution in [0.1, 0.15) is 19.3 Å². The van der Waals surface area contributed by atoms with Gasteiger partial charge >= 0.3 is 0 Å². The van der Waals surface area contributed by atoms with E-state index in [0.717, 1.165) is 36.7 Å². The zero-order chi connectivity index (χ0) is 12.8. The van der Waals surface area contributed by atoms with Crippen LogP contribution in [0.5, 0.6) is 0 Å². The Balaban J connectivity index is 1.41. The molecule has 0 spiro atoms. The molecule has 3 aliphatic carbocycles. The lowest BCUT2D eigenvalue weighted by atomic mass is 9.84. The monoisotopic (exact) mass is 257 g/mol. The van der Waals surface area contributed by atoms with Crippen LogP contribution in [0, 0.1) is 11.8 Å². The third kappa shape index (κ3) is 1.91. The van der Waals surface area contributed by atoms with Crippen molar-refractivity contribution in [3.63, 3.8) is 0 Å². The number of piperazine rings is 1. The summed E-state index contributed by atoms with van der Waals surface area (Å²) >= 11 is 0. The third-order valence-electron chi connectivity index (χ3n) is 5.45. The molecule has 2 bridgehead atoms. The molecule has 0 amide bonds. The van der Waals surface area contributed by atoms with Gasteiger partial charge in [-0.3, -0.25) is 4.90 Å². The van der Waals surface area contributed by atoms with Gasteiger partial charge in [-0.15, -0.1) is 0 Å². The minimum absolute atomic E-state index is 0.903. The van der Waals surface area contributed by atoms with Gasteiger partial charge in [-0.2, -0.15) is 0 Å². The van der Waals surface area contributed by atoms with Crippen molar-refractivity contribution in [1.82, 2.24) is 4.90 Å². The zero-order valence-electron chi connectivity index (χ0n) is 11.5. The van der Waals surface area contributed by atoms with E-state index in [1.54, 1.807) is 0 Å². The fourth-order valence-corrected chi connectivity index (χ4v) is 4.35. The lowest BCUT2D eigenvalue weighted by Crippen LogP contribution is -2.51.